The van der Waals surface area contributed by atoms with Gasteiger partial charge in [0.2, 0.25) is 0 Å². The molecule has 3 rings (SSSR count). The third-order valence-corrected chi connectivity index (χ3v) is 4.84. The first-order chi connectivity index (χ1) is 11.9. The molecule has 25 heavy (non-hydrogen) atoms. The molecule has 4 nitrogen and oxygen atoms in total. The number of carbonyl (C=O) groups excluding carboxylic acids is 1. The fourth-order valence-electron chi connectivity index (χ4n) is 3.18. The van der Waals surface area contributed by atoms with Crippen molar-refractivity contribution in [3.05, 3.63) is 65.7 Å². The van der Waals surface area contributed by atoms with Crippen molar-refractivity contribution in [3.8, 4) is 5.75 Å². The van der Waals surface area contributed by atoms with Crippen LogP contribution in [0.15, 0.2) is 54.6 Å². The minimum atomic E-state index is -0.887. The zero-order chi connectivity index (χ0) is 17.9. The number of benzene rings is 2. The number of amides is 1. The Hall–Kier alpha value is -2.33. The summed E-state index contributed by atoms with van der Waals surface area (Å²) in [5.74, 6) is 0.501. The first-order valence-electron chi connectivity index (χ1n) is 8.71. The van der Waals surface area contributed by atoms with E-state index in [1.54, 1.807) is 26.0 Å². The Bertz CT molecular complexity index is 713. The maximum absolute atomic E-state index is 12.3. The van der Waals surface area contributed by atoms with Gasteiger partial charge in [-0.1, -0.05) is 42.5 Å². The predicted molar refractivity (Wildman–Crippen MR) is 97.3 cm³/mol. The minimum Gasteiger partial charge on any atom is -0.484 e. The Labute approximate surface area is 148 Å². The summed E-state index contributed by atoms with van der Waals surface area (Å²) in [5, 5.41) is 13.1. The number of rotatable bonds is 6. The Morgan fingerprint density at radius 1 is 1.12 bits per heavy atom. The van der Waals surface area contributed by atoms with Gasteiger partial charge in [-0.25, -0.2) is 0 Å². The Kier molecular flexibility index (Phi) is 4.82. The first kappa shape index (κ1) is 17.5. The van der Waals surface area contributed by atoms with E-state index in [0.29, 0.717) is 5.75 Å². The van der Waals surface area contributed by atoms with Gasteiger partial charge in [0.25, 0.3) is 5.91 Å². The first-order valence-corrected chi connectivity index (χ1v) is 8.71. The fourth-order valence-corrected chi connectivity index (χ4v) is 3.18. The van der Waals surface area contributed by atoms with Crippen molar-refractivity contribution in [2.45, 2.75) is 44.2 Å². The minimum absolute atomic E-state index is 0.0174. The van der Waals surface area contributed by atoms with Gasteiger partial charge in [0.1, 0.15) is 5.75 Å². The summed E-state index contributed by atoms with van der Waals surface area (Å²) in [6, 6.07) is 17.3. The highest BCUT2D eigenvalue weighted by atomic mass is 16.5. The molecule has 0 bridgehead atoms. The van der Waals surface area contributed by atoms with Crippen molar-refractivity contribution >= 4 is 5.91 Å². The molecule has 0 aliphatic heterocycles. The van der Waals surface area contributed by atoms with Crippen LogP contribution in [0.1, 0.15) is 44.2 Å². The van der Waals surface area contributed by atoms with E-state index in [0.717, 1.165) is 30.4 Å². The maximum Gasteiger partial charge on any atom is 0.258 e. The molecule has 1 saturated carbocycles. The molecular weight excluding hydrogens is 314 g/mol. The zero-order valence-electron chi connectivity index (χ0n) is 14.8. The molecule has 0 spiro atoms. The van der Waals surface area contributed by atoms with Crippen LogP contribution in [0.3, 0.4) is 0 Å². The molecule has 0 saturated heterocycles. The predicted octanol–water partition coefficient (Wildman–Crippen LogP) is 3.49. The molecule has 4 heteroatoms. The standard InChI is InChI=1S/C21H25NO3/c1-20(2,24)16-9-11-18(12-10-16)25-15-19(23)22-21(13-6-14-21)17-7-4-3-5-8-17/h3-5,7-12,24H,6,13-15H2,1-2H3,(H,22,23). The SMILES string of the molecule is CC(C)(O)c1ccc(OCC(=O)NC2(c3ccccc3)CCC2)cc1. The smallest absolute Gasteiger partial charge is 0.258 e. The lowest BCUT2D eigenvalue weighted by Gasteiger charge is -2.43. The van der Waals surface area contributed by atoms with Gasteiger partial charge >= 0.3 is 0 Å². The van der Waals surface area contributed by atoms with Crippen LogP contribution in [0.2, 0.25) is 0 Å². The third-order valence-electron chi connectivity index (χ3n) is 4.84. The summed E-state index contributed by atoms with van der Waals surface area (Å²) in [6.07, 6.45) is 3.04. The van der Waals surface area contributed by atoms with Crippen LogP contribution in [0, 0.1) is 0 Å². The van der Waals surface area contributed by atoms with Crippen molar-refractivity contribution < 1.29 is 14.6 Å². The molecule has 1 aliphatic rings. The molecule has 0 aromatic heterocycles. The van der Waals surface area contributed by atoms with Crippen molar-refractivity contribution in [3.63, 3.8) is 0 Å². The maximum atomic E-state index is 12.3. The van der Waals surface area contributed by atoms with Crippen LogP contribution in [0.4, 0.5) is 0 Å². The molecule has 132 valence electrons. The van der Waals surface area contributed by atoms with Gasteiger partial charge in [-0.15, -0.1) is 0 Å². The monoisotopic (exact) mass is 339 g/mol. The van der Waals surface area contributed by atoms with Gasteiger partial charge < -0.3 is 15.2 Å². The van der Waals surface area contributed by atoms with E-state index >= 15 is 0 Å². The summed E-state index contributed by atoms with van der Waals surface area (Å²) in [6.45, 7) is 3.45. The second-order valence-electron chi connectivity index (χ2n) is 7.22. The lowest BCUT2D eigenvalue weighted by molar-refractivity contribution is -0.126. The van der Waals surface area contributed by atoms with E-state index in [-0.39, 0.29) is 18.1 Å². The van der Waals surface area contributed by atoms with E-state index < -0.39 is 5.60 Å². The molecule has 2 aromatic carbocycles. The van der Waals surface area contributed by atoms with Crippen LogP contribution in [0.5, 0.6) is 5.75 Å². The Morgan fingerprint density at radius 2 is 1.76 bits per heavy atom. The van der Waals surface area contributed by atoms with Gasteiger partial charge in [-0.2, -0.15) is 0 Å². The van der Waals surface area contributed by atoms with Crippen LogP contribution in [-0.2, 0) is 15.9 Å². The third kappa shape index (κ3) is 4.02. The van der Waals surface area contributed by atoms with Gasteiger partial charge in [-0.05, 0) is 56.4 Å². The summed E-state index contributed by atoms with van der Waals surface area (Å²) in [4.78, 5) is 12.3. The lowest BCUT2D eigenvalue weighted by atomic mass is 9.72. The second kappa shape index (κ2) is 6.89. The summed E-state index contributed by atoms with van der Waals surface area (Å²) < 4.78 is 5.59. The number of ether oxygens (including phenoxy) is 1. The molecule has 2 N–H and O–H groups in total. The van der Waals surface area contributed by atoms with E-state index in [2.05, 4.69) is 17.4 Å². The van der Waals surface area contributed by atoms with Gasteiger partial charge in [-0.3, -0.25) is 4.79 Å². The number of aliphatic hydroxyl groups is 1. The van der Waals surface area contributed by atoms with E-state index in [4.69, 9.17) is 4.74 Å². The highest BCUT2D eigenvalue weighted by Crippen LogP contribution is 2.41. The molecule has 0 radical (unpaired) electrons. The van der Waals surface area contributed by atoms with Crippen LogP contribution >= 0.6 is 0 Å². The van der Waals surface area contributed by atoms with Crippen LogP contribution < -0.4 is 10.1 Å². The molecule has 1 fully saturated rings. The highest BCUT2D eigenvalue weighted by molar-refractivity contribution is 5.78. The fraction of sp³-hybridized carbons (Fsp3) is 0.381. The van der Waals surface area contributed by atoms with E-state index in [9.17, 15) is 9.90 Å². The number of hydrogen-bond donors (Lipinski definition) is 2. The van der Waals surface area contributed by atoms with Crippen molar-refractivity contribution in [1.82, 2.24) is 5.32 Å². The molecule has 0 unspecified atom stereocenters. The Balaban J connectivity index is 1.58. The summed E-state index contributed by atoms with van der Waals surface area (Å²) >= 11 is 0. The van der Waals surface area contributed by atoms with E-state index in [1.807, 2.05) is 30.3 Å². The number of hydrogen-bond acceptors (Lipinski definition) is 3. The van der Waals surface area contributed by atoms with Crippen molar-refractivity contribution in [2.75, 3.05) is 6.61 Å². The average molecular weight is 339 g/mol. The molecular formula is C21H25NO3. The number of nitrogens with one attached hydrogen (secondary N) is 1. The molecule has 0 heterocycles. The van der Waals surface area contributed by atoms with E-state index in [1.165, 1.54) is 0 Å². The highest BCUT2D eigenvalue weighted by Gasteiger charge is 2.39. The van der Waals surface area contributed by atoms with Crippen molar-refractivity contribution in [2.24, 2.45) is 0 Å². The molecule has 0 atom stereocenters. The quantitative estimate of drug-likeness (QED) is 0.847. The summed E-state index contributed by atoms with van der Waals surface area (Å²) in [5.41, 5.74) is 0.834. The van der Waals surface area contributed by atoms with Gasteiger partial charge in [0.15, 0.2) is 6.61 Å². The number of carbonyl (C=O) groups is 1. The summed E-state index contributed by atoms with van der Waals surface area (Å²) in [7, 11) is 0. The topological polar surface area (TPSA) is 58.6 Å². The largest absolute Gasteiger partial charge is 0.484 e. The van der Waals surface area contributed by atoms with Crippen LogP contribution in [0.25, 0.3) is 0 Å². The average Bonchev–Trinajstić information content (AvgIpc) is 2.57. The Morgan fingerprint density at radius 3 is 2.28 bits per heavy atom. The second-order valence-corrected chi connectivity index (χ2v) is 7.22. The molecule has 1 amide bonds. The van der Waals surface area contributed by atoms with Crippen LogP contribution in [-0.4, -0.2) is 17.6 Å². The normalized spacial score (nSPS) is 16.0. The lowest BCUT2D eigenvalue weighted by Crippen LogP contribution is -2.52. The molecule has 2 aromatic rings. The van der Waals surface area contributed by atoms with Gasteiger partial charge in [0, 0.05) is 0 Å². The van der Waals surface area contributed by atoms with Crippen molar-refractivity contribution in [1.29, 1.82) is 0 Å². The molecule has 1 aliphatic carbocycles. The zero-order valence-corrected chi connectivity index (χ0v) is 14.8. The van der Waals surface area contributed by atoms with Gasteiger partial charge in [0.05, 0.1) is 11.1 Å².